The molecular weight excluding hydrogens is 264 g/mol. The van der Waals surface area contributed by atoms with Gasteiger partial charge in [-0.25, -0.2) is 0 Å². The Hall–Kier alpha value is -2.33. The molecule has 4 rings (SSSR count). The lowest BCUT2D eigenvalue weighted by Gasteiger charge is -2.35. The zero-order chi connectivity index (χ0) is 14.4. The number of carbonyl (C=O) groups is 1. The van der Waals surface area contributed by atoms with E-state index < -0.39 is 5.72 Å². The maximum Gasteiger partial charge on any atom is 0.285 e. The lowest BCUT2D eigenvalue weighted by atomic mass is 10.0. The number of amides is 1. The van der Waals surface area contributed by atoms with Crippen LogP contribution >= 0.6 is 0 Å². The molecule has 1 amide bonds. The molecule has 21 heavy (non-hydrogen) atoms. The molecule has 0 bridgehead atoms. The Kier molecular flexibility index (Phi) is 2.56. The molecule has 106 valence electrons. The molecular formula is C17H16N2O2. The number of fused-ring (bicyclic) bond motifs is 3. The summed E-state index contributed by atoms with van der Waals surface area (Å²) < 4.78 is 6.02. The Bertz CT molecular complexity index is 728. The van der Waals surface area contributed by atoms with Gasteiger partial charge in [0.15, 0.2) is 0 Å². The van der Waals surface area contributed by atoms with Gasteiger partial charge in [0.25, 0.3) is 5.91 Å². The Balaban J connectivity index is 1.88. The third-order valence-electron chi connectivity index (χ3n) is 4.21. The molecule has 0 fully saturated rings. The van der Waals surface area contributed by atoms with Crippen molar-refractivity contribution in [3.63, 3.8) is 0 Å². The molecule has 1 spiro atoms. The minimum atomic E-state index is -1.08. The van der Waals surface area contributed by atoms with Crippen molar-refractivity contribution in [3.8, 4) is 0 Å². The van der Waals surface area contributed by atoms with Gasteiger partial charge in [0.2, 0.25) is 5.72 Å². The molecule has 2 heterocycles. The van der Waals surface area contributed by atoms with Crippen molar-refractivity contribution >= 4 is 17.3 Å². The minimum absolute atomic E-state index is 0.0410. The highest BCUT2D eigenvalue weighted by Gasteiger charge is 2.53. The molecule has 2 aromatic rings. The van der Waals surface area contributed by atoms with E-state index in [0.29, 0.717) is 13.2 Å². The van der Waals surface area contributed by atoms with Crippen molar-refractivity contribution < 1.29 is 9.53 Å². The first kappa shape index (κ1) is 12.4. The molecule has 0 aromatic heterocycles. The first-order valence-corrected chi connectivity index (χ1v) is 7.18. The number of hydrogen-bond donors (Lipinski definition) is 1. The summed E-state index contributed by atoms with van der Waals surface area (Å²) >= 11 is 0. The van der Waals surface area contributed by atoms with Crippen LogP contribution in [0.1, 0.15) is 18.1 Å². The zero-order valence-corrected chi connectivity index (χ0v) is 11.8. The summed E-state index contributed by atoms with van der Waals surface area (Å²) in [5, 5.41) is 3.33. The van der Waals surface area contributed by atoms with E-state index in [2.05, 4.69) is 5.32 Å². The molecule has 2 aromatic carbocycles. The van der Waals surface area contributed by atoms with Gasteiger partial charge in [0.05, 0.1) is 12.3 Å². The van der Waals surface area contributed by atoms with Crippen molar-refractivity contribution in [2.24, 2.45) is 0 Å². The number of para-hydroxylation sites is 2. The van der Waals surface area contributed by atoms with Crippen LogP contribution in [-0.2, 0) is 21.9 Å². The first-order valence-electron chi connectivity index (χ1n) is 7.18. The number of ether oxygens (including phenoxy) is 1. The maximum absolute atomic E-state index is 12.9. The fourth-order valence-corrected chi connectivity index (χ4v) is 3.18. The fraction of sp³-hybridized carbons (Fsp3) is 0.235. The van der Waals surface area contributed by atoms with Crippen LogP contribution in [0.2, 0.25) is 0 Å². The second kappa shape index (κ2) is 4.33. The number of benzene rings is 2. The smallest absolute Gasteiger partial charge is 0.285 e. The molecule has 1 N–H and O–H groups in total. The van der Waals surface area contributed by atoms with E-state index in [0.717, 1.165) is 22.5 Å². The SMILES string of the molecule is CCN1C(=O)C2(Nc3ccccc3CO2)c2ccccc21. The van der Waals surface area contributed by atoms with Crippen molar-refractivity contribution in [2.45, 2.75) is 19.3 Å². The van der Waals surface area contributed by atoms with Gasteiger partial charge in [0, 0.05) is 23.4 Å². The Labute approximate surface area is 123 Å². The summed E-state index contributed by atoms with van der Waals surface area (Å²) in [6.07, 6.45) is 0. The van der Waals surface area contributed by atoms with Gasteiger partial charge in [-0.2, -0.15) is 0 Å². The molecule has 4 nitrogen and oxygen atoms in total. The number of nitrogens with one attached hydrogen (secondary N) is 1. The third kappa shape index (κ3) is 1.56. The normalized spacial score (nSPS) is 22.9. The Morgan fingerprint density at radius 2 is 1.95 bits per heavy atom. The number of likely N-dealkylation sites (N-methyl/N-ethyl adjacent to an activating group) is 1. The molecule has 2 aliphatic heterocycles. The predicted octanol–water partition coefficient (Wildman–Crippen LogP) is 2.85. The largest absolute Gasteiger partial charge is 0.345 e. The minimum Gasteiger partial charge on any atom is -0.345 e. The highest BCUT2D eigenvalue weighted by molar-refractivity contribution is 6.08. The summed E-state index contributed by atoms with van der Waals surface area (Å²) in [6, 6.07) is 15.8. The first-order chi connectivity index (χ1) is 10.3. The molecule has 0 saturated carbocycles. The van der Waals surface area contributed by atoms with Gasteiger partial charge < -0.3 is 15.0 Å². The van der Waals surface area contributed by atoms with Crippen molar-refractivity contribution in [3.05, 3.63) is 59.7 Å². The lowest BCUT2D eigenvalue weighted by Crippen LogP contribution is -2.49. The fourth-order valence-electron chi connectivity index (χ4n) is 3.18. The van der Waals surface area contributed by atoms with E-state index in [4.69, 9.17) is 4.74 Å². The van der Waals surface area contributed by atoms with E-state index in [1.807, 2.05) is 55.5 Å². The summed E-state index contributed by atoms with van der Waals surface area (Å²) in [6.45, 7) is 3.04. The summed E-state index contributed by atoms with van der Waals surface area (Å²) in [5.41, 5.74) is 2.78. The highest BCUT2D eigenvalue weighted by atomic mass is 16.5. The molecule has 0 saturated heterocycles. The number of rotatable bonds is 1. The lowest BCUT2D eigenvalue weighted by molar-refractivity contribution is -0.142. The molecule has 0 radical (unpaired) electrons. The molecule has 4 heteroatoms. The van der Waals surface area contributed by atoms with Gasteiger partial charge in [-0.3, -0.25) is 4.79 Å². The van der Waals surface area contributed by atoms with E-state index in [1.54, 1.807) is 4.90 Å². The average Bonchev–Trinajstić information content (AvgIpc) is 2.76. The van der Waals surface area contributed by atoms with Gasteiger partial charge in [-0.05, 0) is 19.1 Å². The summed E-state index contributed by atoms with van der Waals surface area (Å²) in [7, 11) is 0. The van der Waals surface area contributed by atoms with E-state index in [9.17, 15) is 4.79 Å². The van der Waals surface area contributed by atoms with Crippen LogP contribution in [0, 0.1) is 0 Å². The average molecular weight is 280 g/mol. The van der Waals surface area contributed by atoms with Crippen molar-refractivity contribution in [2.75, 3.05) is 16.8 Å². The van der Waals surface area contributed by atoms with Crippen LogP contribution in [0.5, 0.6) is 0 Å². The predicted molar refractivity (Wildman–Crippen MR) is 81.0 cm³/mol. The third-order valence-corrected chi connectivity index (χ3v) is 4.21. The maximum atomic E-state index is 12.9. The zero-order valence-electron chi connectivity index (χ0n) is 11.8. The summed E-state index contributed by atoms with van der Waals surface area (Å²) in [5.74, 6) is -0.0410. The second-order valence-electron chi connectivity index (χ2n) is 5.32. The Morgan fingerprint density at radius 1 is 1.19 bits per heavy atom. The quantitative estimate of drug-likeness (QED) is 0.873. The molecule has 1 atom stereocenters. The van der Waals surface area contributed by atoms with Crippen LogP contribution in [0.15, 0.2) is 48.5 Å². The van der Waals surface area contributed by atoms with Crippen LogP contribution in [0.4, 0.5) is 11.4 Å². The van der Waals surface area contributed by atoms with Crippen LogP contribution in [0.3, 0.4) is 0 Å². The molecule has 0 aliphatic carbocycles. The highest BCUT2D eigenvalue weighted by Crippen LogP contribution is 2.46. The molecule has 2 aliphatic rings. The number of nitrogens with zero attached hydrogens (tertiary/aromatic N) is 1. The monoisotopic (exact) mass is 280 g/mol. The standard InChI is InChI=1S/C17H16N2O2/c1-2-19-15-10-6-4-8-13(15)17(16(19)20)18-14-9-5-3-7-12(14)11-21-17/h3-10,18H,2,11H2,1H3. The number of hydrogen-bond acceptors (Lipinski definition) is 3. The Morgan fingerprint density at radius 3 is 2.81 bits per heavy atom. The van der Waals surface area contributed by atoms with Crippen molar-refractivity contribution in [1.29, 1.82) is 0 Å². The van der Waals surface area contributed by atoms with Crippen LogP contribution in [-0.4, -0.2) is 12.5 Å². The van der Waals surface area contributed by atoms with Crippen molar-refractivity contribution in [1.82, 2.24) is 0 Å². The van der Waals surface area contributed by atoms with Gasteiger partial charge >= 0.3 is 0 Å². The van der Waals surface area contributed by atoms with Crippen LogP contribution in [0.25, 0.3) is 0 Å². The van der Waals surface area contributed by atoms with Gasteiger partial charge in [-0.1, -0.05) is 36.4 Å². The number of anilines is 2. The van der Waals surface area contributed by atoms with E-state index in [-0.39, 0.29) is 5.91 Å². The second-order valence-corrected chi connectivity index (χ2v) is 5.32. The van der Waals surface area contributed by atoms with E-state index in [1.165, 1.54) is 0 Å². The van der Waals surface area contributed by atoms with E-state index >= 15 is 0 Å². The molecule has 1 unspecified atom stereocenters. The number of carbonyl (C=O) groups excluding carboxylic acids is 1. The van der Waals surface area contributed by atoms with Gasteiger partial charge in [-0.15, -0.1) is 0 Å². The topological polar surface area (TPSA) is 41.6 Å². The van der Waals surface area contributed by atoms with Crippen LogP contribution < -0.4 is 10.2 Å². The van der Waals surface area contributed by atoms with Gasteiger partial charge in [0.1, 0.15) is 0 Å². The summed E-state index contributed by atoms with van der Waals surface area (Å²) in [4.78, 5) is 14.7.